The smallest absolute Gasteiger partial charge is 0.254 e. The molecule has 0 saturated carbocycles. The van der Waals surface area contributed by atoms with Gasteiger partial charge in [0.25, 0.3) is 5.91 Å². The summed E-state index contributed by atoms with van der Waals surface area (Å²) in [6.07, 6.45) is 0. The van der Waals surface area contributed by atoms with Gasteiger partial charge in [0, 0.05) is 36.8 Å². The molecule has 0 bridgehead atoms. The molecular weight excluding hydrogens is 390 g/mol. The molecule has 3 aromatic carbocycles. The van der Waals surface area contributed by atoms with Crippen molar-refractivity contribution in [2.45, 2.75) is 0 Å². The van der Waals surface area contributed by atoms with Gasteiger partial charge in [-0.05, 0) is 35.0 Å². The third-order valence-corrected chi connectivity index (χ3v) is 6.51. The Hall–Kier alpha value is -2.63. The molecule has 28 heavy (non-hydrogen) atoms. The van der Waals surface area contributed by atoms with Crippen molar-refractivity contribution < 1.29 is 4.79 Å². The van der Waals surface area contributed by atoms with Gasteiger partial charge >= 0.3 is 0 Å². The lowest BCUT2D eigenvalue weighted by atomic mass is 10.0. The molecule has 1 amide bonds. The highest BCUT2D eigenvalue weighted by atomic mass is 35.5. The Balaban J connectivity index is 1.34. The highest BCUT2D eigenvalue weighted by Crippen LogP contribution is 2.31. The number of aromatic nitrogens is 1. The Labute approximate surface area is 172 Å². The molecule has 4 aromatic rings. The summed E-state index contributed by atoms with van der Waals surface area (Å²) in [5.41, 5.74) is 1.75. The summed E-state index contributed by atoms with van der Waals surface area (Å²) < 4.78 is 1.09. The highest BCUT2D eigenvalue weighted by Gasteiger charge is 2.24. The van der Waals surface area contributed by atoms with E-state index in [2.05, 4.69) is 4.90 Å². The molecule has 5 rings (SSSR count). The monoisotopic (exact) mass is 407 g/mol. The molecule has 2 heterocycles. The summed E-state index contributed by atoms with van der Waals surface area (Å²) in [6.45, 7) is 2.95. The van der Waals surface area contributed by atoms with E-state index in [0.29, 0.717) is 13.1 Å². The van der Waals surface area contributed by atoms with Gasteiger partial charge in [0.1, 0.15) is 0 Å². The quantitative estimate of drug-likeness (QED) is 0.465. The zero-order chi connectivity index (χ0) is 19.1. The molecule has 0 atom stereocenters. The Bertz CT molecular complexity index is 1180. The molecule has 0 unspecified atom stereocenters. The fourth-order valence-electron chi connectivity index (χ4n) is 3.70. The summed E-state index contributed by atoms with van der Waals surface area (Å²) in [7, 11) is 0. The van der Waals surface area contributed by atoms with E-state index >= 15 is 0 Å². The standard InChI is InChI=1S/C22H18ClN3OS/c23-16-8-9-19-20(14-16)28-22(24-19)26-12-10-25(11-13-26)21(27)18-7-3-5-15-4-1-2-6-17(15)18/h1-9,14H,10-13H2. The van der Waals surface area contributed by atoms with Crippen LogP contribution in [0.25, 0.3) is 21.0 Å². The molecule has 0 N–H and O–H groups in total. The van der Waals surface area contributed by atoms with Crippen LogP contribution in [-0.2, 0) is 0 Å². The van der Waals surface area contributed by atoms with Crippen LogP contribution in [-0.4, -0.2) is 42.0 Å². The van der Waals surface area contributed by atoms with Crippen LogP contribution >= 0.6 is 22.9 Å². The SMILES string of the molecule is O=C(c1cccc2ccccc12)N1CCN(c2nc3ccc(Cl)cc3s2)CC1. The fraction of sp³-hybridized carbons (Fsp3) is 0.182. The lowest BCUT2D eigenvalue weighted by Gasteiger charge is -2.34. The third kappa shape index (κ3) is 3.11. The van der Waals surface area contributed by atoms with Crippen LogP contribution in [0.4, 0.5) is 5.13 Å². The zero-order valence-corrected chi connectivity index (χ0v) is 16.7. The van der Waals surface area contributed by atoms with Crippen molar-refractivity contribution in [3.05, 3.63) is 71.2 Å². The number of carbonyl (C=O) groups excluding carboxylic acids is 1. The summed E-state index contributed by atoms with van der Waals surface area (Å²) in [5, 5.41) is 3.84. The van der Waals surface area contributed by atoms with Gasteiger partial charge in [0.15, 0.2) is 5.13 Å². The van der Waals surface area contributed by atoms with Crippen molar-refractivity contribution in [1.82, 2.24) is 9.88 Å². The Morgan fingerprint density at radius 2 is 1.75 bits per heavy atom. The summed E-state index contributed by atoms with van der Waals surface area (Å²) in [5.74, 6) is 0.104. The first-order chi connectivity index (χ1) is 13.7. The predicted octanol–water partition coefficient (Wildman–Crippen LogP) is 5.07. The van der Waals surface area contributed by atoms with Crippen molar-refractivity contribution >= 4 is 55.0 Å². The number of halogens is 1. The molecule has 4 nitrogen and oxygen atoms in total. The first kappa shape index (κ1) is 17.5. The number of anilines is 1. The largest absolute Gasteiger partial charge is 0.345 e. The zero-order valence-electron chi connectivity index (χ0n) is 15.1. The van der Waals surface area contributed by atoms with Gasteiger partial charge in [-0.1, -0.05) is 59.3 Å². The third-order valence-electron chi connectivity index (χ3n) is 5.20. The Morgan fingerprint density at radius 3 is 2.61 bits per heavy atom. The van der Waals surface area contributed by atoms with Crippen LogP contribution in [0.5, 0.6) is 0 Å². The van der Waals surface area contributed by atoms with E-state index in [4.69, 9.17) is 16.6 Å². The van der Waals surface area contributed by atoms with Crippen molar-refractivity contribution in [1.29, 1.82) is 0 Å². The van der Waals surface area contributed by atoms with E-state index in [1.54, 1.807) is 11.3 Å². The van der Waals surface area contributed by atoms with Crippen LogP contribution < -0.4 is 4.90 Å². The van der Waals surface area contributed by atoms with E-state index in [0.717, 1.165) is 49.8 Å². The van der Waals surface area contributed by atoms with Crippen molar-refractivity contribution in [2.24, 2.45) is 0 Å². The molecular formula is C22H18ClN3OS. The number of thiazole rings is 1. The van der Waals surface area contributed by atoms with E-state index in [-0.39, 0.29) is 5.91 Å². The molecule has 6 heteroatoms. The molecule has 0 radical (unpaired) electrons. The molecule has 1 aliphatic heterocycles. The molecule has 0 aliphatic carbocycles. The number of fused-ring (bicyclic) bond motifs is 2. The molecule has 0 spiro atoms. The van der Waals surface area contributed by atoms with Gasteiger partial charge in [0.05, 0.1) is 10.2 Å². The summed E-state index contributed by atoms with van der Waals surface area (Å²) >= 11 is 7.74. The fourth-order valence-corrected chi connectivity index (χ4v) is 5.00. The minimum atomic E-state index is 0.104. The molecule has 1 aliphatic rings. The highest BCUT2D eigenvalue weighted by molar-refractivity contribution is 7.22. The van der Waals surface area contributed by atoms with E-state index < -0.39 is 0 Å². The molecule has 1 fully saturated rings. The Morgan fingerprint density at radius 1 is 0.964 bits per heavy atom. The number of amides is 1. The molecule has 140 valence electrons. The first-order valence-electron chi connectivity index (χ1n) is 9.27. The van der Waals surface area contributed by atoms with E-state index in [1.165, 1.54) is 0 Å². The van der Waals surface area contributed by atoms with Gasteiger partial charge in [-0.3, -0.25) is 4.79 Å². The van der Waals surface area contributed by atoms with E-state index in [1.807, 2.05) is 65.6 Å². The average molecular weight is 408 g/mol. The van der Waals surface area contributed by atoms with Crippen molar-refractivity contribution in [3.63, 3.8) is 0 Å². The van der Waals surface area contributed by atoms with Gasteiger partial charge < -0.3 is 9.80 Å². The molecule has 1 saturated heterocycles. The summed E-state index contributed by atoms with van der Waals surface area (Å²) in [4.78, 5) is 22.0. The normalized spacial score (nSPS) is 14.8. The number of carbonyl (C=O) groups is 1. The van der Waals surface area contributed by atoms with Crippen LogP contribution in [0.1, 0.15) is 10.4 Å². The first-order valence-corrected chi connectivity index (χ1v) is 10.5. The lowest BCUT2D eigenvalue weighted by Crippen LogP contribution is -2.48. The minimum absolute atomic E-state index is 0.104. The van der Waals surface area contributed by atoms with Crippen molar-refractivity contribution in [2.75, 3.05) is 31.1 Å². The van der Waals surface area contributed by atoms with Crippen molar-refractivity contribution in [3.8, 4) is 0 Å². The second kappa shape index (κ2) is 7.08. The Kier molecular flexibility index (Phi) is 4.41. The second-order valence-electron chi connectivity index (χ2n) is 6.91. The summed E-state index contributed by atoms with van der Waals surface area (Å²) in [6, 6.07) is 19.8. The van der Waals surface area contributed by atoms with Crippen LogP contribution in [0.2, 0.25) is 5.02 Å². The van der Waals surface area contributed by atoms with Gasteiger partial charge in [-0.25, -0.2) is 4.98 Å². The number of piperazine rings is 1. The van der Waals surface area contributed by atoms with Crippen LogP contribution in [0.3, 0.4) is 0 Å². The van der Waals surface area contributed by atoms with E-state index in [9.17, 15) is 4.79 Å². The second-order valence-corrected chi connectivity index (χ2v) is 8.36. The number of benzene rings is 3. The number of rotatable bonds is 2. The van der Waals surface area contributed by atoms with Gasteiger partial charge in [0.2, 0.25) is 0 Å². The number of hydrogen-bond donors (Lipinski definition) is 0. The average Bonchev–Trinajstić information content (AvgIpc) is 3.16. The van der Waals surface area contributed by atoms with Crippen LogP contribution in [0, 0.1) is 0 Å². The molecule has 1 aromatic heterocycles. The van der Waals surface area contributed by atoms with Gasteiger partial charge in [-0.15, -0.1) is 0 Å². The maximum absolute atomic E-state index is 13.1. The minimum Gasteiger partial charge on any atom is -0.345 e. The van der Waals surface area contributed by atoms with Crippen LogP contribution in [0.15, 0.2) is 60.7 Å². The maximum atomic E-state index is 13.1. The maximum Gasteiger partial charge on any atom is 0.254 e. The van der Waals surface area contributed by atoms with Gasteiger partial charge in [-0.2, -0.15) is 0 Å². The predicted molar refractivity (Wildman–Crippen MR) is 117 cm³/mol. The lowest BCUT2D eigenvalue weighted by molar-refractivity contribution is 0.0749. The number of hydrogen-bond acceptors (Lipinski definition) is 4. The topological polar surface area (TPSA) is 36.4 Å². The number of nitrogens with zero attached hydrogens (tertiary/aromatic N) is 3.